The van der Waals surface area contributed by atoms with Gasteiger partial charge in [-0.1, -0.05) is 70.1 Å². The van der Waals surface area contributed by atoms with Crippen molar-refractivity contribution in [3.05, 3.63) is 29.8 Å². The normalized spacial score (nSPS) is 17.5. The Morgan fingerprint density at radius 3 is 2.46 bits per heavy atom. The van der Waals surface area contributed by atoms with Gasteiger partial charge in [0, 0.05) is 18.5 Å². The maximum Gasteiger partial charge on any atom is 0.407 e. The molecule has 3 rings (SSSR count). The lowest BCUT2D eigenvalue weighted by Gasteiger charge is -2.32. The van der Waals surface area contributed by atoms with Gasteiger partial charge < -0.3 is 39.2 Å². The van der Waals surface area contributed by atoms with Crippen LogP contribution in [0.3, 0.4) is 0 Å². The minimum Gasteiger partial charge on any atom is -0.491 e. The number of hydrogen-bond donors (Lipinski definition) is 3. The highest BCUT2D eigenvalue weighted by atomic mass is 31.2. The molecule has 13 heteroatoms. The molecule has 3 atom stereocenters. The Kier molecular flexibility index (Phi) is 16.3. The molecule has 0 radical (unpaired) electrons. The number of para-hydroxylation sites is 1. The van der Waals surface area contributed by atoms with Crippen molar-refractivity contribution >= 4 is 25.5 Å². The van der Waals surface area contributed by atoms with Gasteiger partial charge >= 0.3 is 13.7 Å². The molecule has 0 saturated heterocycles. The van der Waals surface area contributed by atoms with E-state index in [4.69, 9.17) is 18.5 Å². The molecule has 0 aromatic heterocycles. The summed E-state index contributed by atoms with van der Waals surface area (Å²) < 4.78 is 35.6. The summed E-state index contributed by atoms with van der Waals surface area (Å²) in [7, 11) is -4.10. The van der Waals surface area contributed by atoms with E-state index in [1.165, 1.54) is 0 Å². The first-order valence-electron chi connectivity index (χ1n) is 17.0. The van der Waals surface area contributed by atoms with Crippen LogP contribution < -0.4 is 15.4 Å². The number of fused-ring (bicyclic) bond motifs is 1. The van der Waals surface area contributed by atoms with Crippen LogP contribution in [0.1, 0.15) is 97.0 Å². The number of carbonyl (C=O) groups is 3. The van der Waals surface area contributed by atoms with E-state index in [1.54, 1.807) is 18.7 Å². The largest absolute Gasteiger partial charge is 0.491 e. The van der Waals surface area contributed by atoms with Gasteiger partial charge in [0.1, 0.15) is 18.4 Å². The van der Waals surface area contributed by atoms with Crippen LogP contribution in [0.25, 0.3) is 0 Å². The zero-order chi connectivity index (χ0) is 33.4. The van der Waals surface area contributed by atoms with Crippen molar-refractivity contribution < 1.29 is 42.6 Å². The van der Waals surface area contributed by atoms with Crippen LogP contribution in [0, 0.1) is 5.92 Å². The van der Waals surface area contributed by atoms with Crippen LogP contribution in [0.2, 0.25) is 0 Å². The number of aliphatic hydroxyl groups is 1. The highest BCUT2D eigenvalue weighted by Gasteiger charge is 2.42. The number of nitrogens with zero attached hydrogens (tertiary/aromatic N) is 1. The molecule has 1 saturated carbocycles. The molecule has 0 spiro atoms. The van der Waals surface area contributed by atoms with Crippen LogP contribution in [-0.2, 0) is 34.5 Å². The van der Waals surface area contributed by atoms with Gasteiger partial charge in [-0.2, -0.15) is 0 Å². The minimum atomic E-state index is -4.10. The fourth-order valence-corrected chi connectivity index (χ4v) is 7.78. The van der Waals surface area contributed by atoms with Gasteiger partial charge in [-0.25, -0.2) is 4.79 Å². The first-order chi connectivity index (χ1) is 22.2. The number of nitrogens with one attached hydrogen (secondary N) is 2. The Morgan fingerprint density at radius 1 is 1.04 bits per heavy atom. The molecule has 1 aromatic carbocycles. The molecule has 3 unspecified atom stereocenters. The van der Waals surface area contributed by atoms with Crippen molar-refractivity contribution in [1.29, 1.82) is 0 Å². The van der Waals surface area contributed by atoms with Gasteiger partial charge in [-0.15, -0.1) is 0 Å². The van der Waals surface area contributed by atoms with Gasteiger partial charge in [0.05, 0.1) is 32.4 Å². The van der Waals surface area contributed by atoms with Crippen LogP contribution >= 0.6 is 7.60 Å². The molecule has 1 aromatic rings. The molecule has 260 valence electrons. The van der Waals surface area contributed by atoms with Crippen LogP contribution in [0.15, 0.2) is 24.3 Å². The number of unbranched alkanes of at least 4 members (excludes halogenated alkanes) is 2. The summed E-state index contributed by atoms with van der Waals surface area (Å²) in [5.41, 5.74) is 0.883. The quantitative estimate of drug-likeness (QED) is 0.136. The fraction of sp³-hybridized carbons (Fsp3) is 0.727. The van der Waals surface area contributed by atoms with E-state index in [0.29, 0.717) is 26.1 Å². The monoisotopic (exact) mass is 667 g/mol. The lowest BCUT2D eigenvalue weighted by molar-refractivity contribution is -0.133. The summed E-state index contributed by atoms with van der Waals surface area (Å²) >= 11 is 0. The fourth-order valence-electron chi connectivity index (χ4n) is 6.01. The average molecular weight is 668 g/mol. The van der Waals surface area contributed by atoms with E-state index < -0.39 is 37.5 Å². The molecule has 3 N–H and O–H groups in total. The third-order valence-corrected chi connectivity index (χ3v) is 10.7. The Balaban J connectivity index is 1.77. The molecule has 1 aliphatic heterocycles. The predicted octanol–water partition coefficient (Wildman–Crippen LogP) is 5.51. The Morgan fingerprint density at radius 2 is 1.76 bits per heavy atom. The highest BCUT2D eigenvalue weighted by molar-refractivity contribution is 7.54. The molecule has 1 aliphatic carbocycles. The van der Waals surface area contributed by atoms with Crippen molar-refractivity contribution in [3.8, 4) is 5.75 Å². The first-order valence-corrected chi connectivity index (χ1v) is 18.6. The third-order valence-electron chi connectivity index (χ3n) is 8.49. The molecular formula is C33H54N3O9P. The summed E-state index contributed by atoms with van der Waals surface area (Å²) in [5, 5.41) is 16.9. The standard InChI is InChI=1S/C33H54N3O9P/c1-4-7-13-21-43-33(40)35-28(23-25-14-9-8-10-15-25)31(38)34-27(32(39)46(41,44-5-2)45-6-3)18-19-30(37)36-20-22-42-29-17-12-11-16-26(29)24-36/h11-12,16-17,25,27-28,32,39H,4-10,13-15,18-24H2,1-3H3,(H,34,38)(H,35,40). The zero-order valence-corrected chi connectivity index (χ0v) is 28.6. The van der Waals surface area contributed by atoms with Crippen molar-refractivity contribution in [1.82, 2.24) is 15.5 Å². The predicted molar refractivity (Wildman–Crippen MR) is 174 cm³/mol. The average Bonchev–Trinajstić information content (AvgIpc) is 3.28. The summed E-state index contributed by atoms with van der Waals surface area (Å²) in [6.45, 7) is 6.65. The van der Waals surface area contributed by atoms with Crippen LogP contribution in [0.4, 0.5) is 4.79 Å². The number of hydrogen-bond acceptors (Lipinski definition) is 9. The van der Waals surface area contributed by atoms with Gasteiger partial charge in [-0.05, 0) is 45.1 Å². The van der Waals surface area contributed by atoms with Crippen molar-refractivity contribution in [2.75, 3.05) is 33.0 Å². The molecule has 2 aliphatic rings. The molecule has 12 nitrogen and oxygen atoms in total. The van der Waals surface area contributed by atoms with Crippen molar-refractivity contribution in [2.24, 2.45) is 5.92 Å². The second-order valence-electron chi connectivity index (χ2n) is 12.0. The maximum absolute atomic E-state index is 13.8. The van der Waals surface area contributed by atoms with Crippen LogP contribution in [0.5, 0.6) is 5.75 Å². The Hall–Kier alpha value is -2.66. The van der Waals surface area contributed by atoms with E-state index in [2.05, 4.69) is 17.6 Å². The van der Waals surface area contributed by atoms with Gasteiger partial charge in [0.2, 0.25) is 11.8 Å². The lowest BCUT2D eigenvalue weighted by atomic mass is 9.84. The van der Waals surface area contributed by atoms with Crippen LogP contribution in [-0.4, -0.2) is 78.8 Å². The van der Waals surface area contributed by atoms with E-state index in [-0.39, 0.29) is 44.5 Å². The molecule has 0 bridgehead atoms. The molecular weight excluding hydrogens is 613 g/mol. The van der Waals surface area contributed by atoms with E-state index in [9.17, 15) is 24.1 Å². The summed E-state index contributed by atoms with van der Waals surface area (Å²) in [4.78, 5) is 41.7. The summed E-state index contributed by atoms with van der Waals surface area (Å²) in [5.74, 6) is -1.53. The molecule has 46 heavy (non-hydrogen) atoms. The smallest absolute Gasteiger partial charge is 0.407 e. The van der Waals surface area contributed by atoms with E-state index >= 15 is 0 Å². The topological polar surface area (TPSA) is 153 Å². The third kappa shape index (κ3) is 11.9. The number of benzene rings is 1. The molecule has 1 heterocycles. The number of alkyl carbamates (subject to hydrolysis) is 1. The van der Waals surface area contributed by atoms with E-state index in [1.807, 2.05) is 24.3 Å². The first kappa shape index (κ1) is 37.8. The Bertz CT molecular complexity index is 1140. The number of rotatable bonds is 18. The molecule has 3 amide bonds. The highest BCUT2D eigenvalue weighted by Crippen LogP contribution is 2.53. The van der Waals surface area contributed by atoms with Gasteiger partial charge in [0.15, 0.2) is 5.85 Å². The maximum atomic E-state index is 13.8. The van der Waals surface area contributed by atoms with Gasteiger partial charge in [-0.3, -0.25) is 14.2 Å². The summed E-state index contributed by atoms with van der Waals surface area (Å²) in [6, 6.07) is 5.43. The molecule has 1 fully saturated rings. The number of carbonyl (C=O) groups excluding carboxylic acids is 3. The number of ether oxygens (including phenoxy) is 2. The SMILES string of the molecule is CCCCCOC(=O)NC(CC1CCCCC1)C(=O)NC(CCC(=O)N1CCOc2ccccc2C1)C(O)P(=O)(OCC)OCC. The Labute approximate surface area is 273 Å². The van der Waals surface area contributed by atoms with E-state index in [0.717, 1.165) is 62.7 Å². The minimum absolute atomic E-state index is 0.0108. The van der Waals surface area contributed by atoms with Crippen molar-refractivity contribution in [3.63, 3.8) is 0 Å². The second-order valence-corrected chi connectivity index (χ2v) is 14.1. The zero-order valence-electron chi connectivity index (χ0n) is 27.7. The number of amides is 3. The van der Waals surface area contributed by atoms with Gasteiger partial charge in [0.25, 0.3) is 0 Å². The summed E-state index contributed by atoms with van der Waals surface area (Å²) in [6.07, 6.45) is 7.42. The number of aliphatic hydroxyl groups excluding tert-OH is 1. The second kappa shape index (κ2) is 19.9. The lowest BCUT2D eigenvalue weighted by Crippen LogP contribution is -2.53. The van der Waals surface area contributed by atoms with Crippen molar-refractivity contribution in [2.45, 2.75) is 116 Å².